The van der Waals surface area contributed by atoms with E-state index in [2.05, 4.69) is 11.1 Å². The van der Waals surface area contributed by atoms with Gasteiger partial charge in [-0.15, -0.1) is 0 Å². The SMILES string of the molecule is Cc1cc(C=O)c2nc(C)cc(N(C)C)c2c1. The van der Waals surface area contributed by atoms with Crippen molar-refractivity contribution in [2.24, 2.45) is 0 Å². The molecule has 1 aromatic heterocycles. The molecule has 0 fully saturated rings. The molecule has 0 saturated heterocycles. The van der Waals surface area contributed by atoms with Gasteiger partial charge in [-0.1, -0.05) is 0 Å². The fraction of sp³-hybridized carbons (Fsp3) is 0.286. The van der Waals surface area contributed by atoms with Crippen molar-refractivity contribution < 1.29 is 4.79 Å². The maximum Gasteiger partial charge on any atom is 0.152 e. The lowest BCUT2D eigenvalue weighted by Gasteiger charge is -2.17. The van der Waals surface area contributed by atoms with Crippen LogP contribution in [-0.2, 0) is 0 Å². The number of carbonyl (C=O) groups is 1. The van der Waals surface area contributed by atoms with Crippen LogP contribution in [-0.4, -0.2) is 25.4 Å². The van der Waals surface area contributed by atoms with Gasteiger partial charge in [-0.2, -0.15) is 0 Å². The Labute approximate surface area is 101 Å². The molecular weight excluding hydrogens is 212 g/mol. The van der Waals surface area contributed by atoms with Crippen molar-refractivity contribution in [3.8, 4) is 0 Å². The van der Waals surface area contributed by atoms with E-state index in [1.807, 2.05) is 45.0 Å². The van der Waals surface area contributed by atoms with Crippen molar-refractivity contribution >= 4 is 22.9 Å². The average Bonchev–Trinajstić information content (AvgIpc) is 2.27. The van der Waals surface area contributed by atoms with Crippen LogP contribution < -0.4 is 4.90 Å². The summed E-state index contributed by atoms with van der Waals surface area (Å²) in [6, 6.07) is 5.99. The van der Waals surface area contributed by atoms with Gasteiger partial charge in [-0.25, -0.2) is 0 Å². The quantitative estimate of drug-likeness (QED) is 0.741. The number of aryl methyl sites for hydroxylation is 2. The van der Waals surface area contributed by atoms with Crippen LogP contribution in [0.15, 0.2) is 18.2 Å². The number of nitrogens with zero attached hydrogens (tertiary/aromatic N) is 2. The highest BCUT2D eigenvalue weighted by atomic mass is 16.1. The third-order valence-corrected chi connectivity index (χ3v) is 2.80. The van der Waals surface area contributed by atoms with Crippen LogP contribution in [0.4, 0.5) is 5.69 Å². The first-order chi connectivity index (χ1) is 8.02. The van der Waals surface area contributed by atoms with Crippen LogP contribution in [0.5, 0.6) is 0 Å². The van der Waals surface area contributed by atoms with Crippen LogP contribution in [0.1, 0.15) is 21.6 Å². The molecule has 0 aliphatic rings. The molecule has 3 heteroatoms. The molecule has 1 aromatic carbocycles. The predicted molar refractivity (Wildman–Crippen MR) is 70.9 cm³/mol. The molecule has 1 heterocycles. The molecule has 0 atom stereocenters. The van der Waals surface area contributed by atoms with Crippen molar-refractivity contribution in [3.63, 3.8) is 0 Å². The number of carbonyl (C=O) groups excluding carboxylic acids is 1. The van der Waals surface area contributed by atoms with Gasteiger partial charge in [-0.05, 0) is 37.6 Å². The summed E-state index contributed by atoms with van der Waals surface area (Å²) in [7, 11) is 3.99. The second kappa shape index (κ2) is 4.17. The number of anilines is 1. The normalized spacial score (nSPS) is 10.6. The maximum atomic E-state index is 11.1. The standard InChI is InChI=1S/C14H16N2O/c1-9-5-11(8-17)14-12(6-9)13(16(3)4)7-10(2)15-14/h5-8H,1-4H3. The summed E-state index contributed by atoms with van der Waals surface area (Å²) in [6.45, 7) is 3.94. The Balaban J connectivity index is 2.92. The van der Waals surface area contributed by atoms with Crippen molar-refractivity contribution in [1.29, 1.82) is 0 Å². The van der Waals surface area contributed by atoms with Gasteiger partial charge in [0.15, 0.2) is 6.29 Å². The fourth-order valence-corrected chi connectivity index (χ4v) is 2.07. The van der Waals surface area contributed by atoms with E-state index in [4.69, 9.17) is 0 Å². The summed E-state index contributed by atoms with van der Waals surface area (Å²) in [5.41, 5.74) is 4.54. The van der Waals surface area contributed by atoms with Crippen molar-refractivity contribution in [3.05, 3.63) is 35.0 Å². The molecule has 0 aliphatic heterocycles. The van der Waals surface area contributed by atoms with Crippen LogP contribution >= 0.6 is 0 Å². The Morgan fingerprint density at radius 3 is 2.47 bits per heavy atom. The largest absolute Gasteiger partial charge is 0.377 e. The summed E-state index contributed by atoms with van der Waals surface area (Å²) in [6.07, 6.45) is 0.876. The molecule has 0 saturated carbocycles. The first-order valence-electron chi connectivity index (χ1n) is 5.57. The Hall–Kier alpha value is -1.90. The zero-order valence-electron chi connectivity index (χ0n) is 10.6. The second-order valence-corrected chi connectivity index (χ2v) is 4.55. The Morgan fingerprint density at radius 2 is 1.88 bits per heavy atom. The average molecular weight is 228 g/mol. The number of aromatic nitrogens is 1. The topological polar surface area (TPSA) is 33.2 Å². The van der Waals surface area contributed by atoms with Crippen molar-refractivity contribution in [2.75, 3.05) is 19.0 Å². The first kappa shape index (κ1) is 11.6. The van der Waals surface area contributed by atoms with Gasteiger partial charge in [0.25, 0.3) is 0 Å². The minimum atomic E-state index is 0.659. The molecule has 2 rings (SSSR count). The maximum absolute atomic E-state index is 11.1. The smallest absolute Gasteiger partial charge is 0.152 e. The molecule has 0 N–H and O–H groups in total. The van der Waals surface area contributed by atoms with E-state index >= 15 is 0 Å². The summed E-state index contributed by atoms with van der Waals surface area (Å²) in [5, 5.41) is 1.03. The molecule has 0 bridgehead atoms. The molecule has 0 radical (unpaired) electrons. The minimum absolute atomic E-state index is 0.659. The van der Waals surface area contributed by atoms with Gasteiger partial charge in [-0.3, -0.25) is 9.78 Å². The van der Waals surface area contributed by atoms with Gasteiger partial charge in [0, 0.05) is 36.4 Å². The Bertz CT molecular complexity index is 588. The number of benzene rings is 1. The van der Waals surface area contributed by atoms with E-state index < -0.39 is 0 Å². The van der Waals surface area contributed by atoms with E-state index in [0.29, 0.717) is 5.56 Å². The van der Waals surface area contributed by atoms with E-state index in [1.54, 1.807) is 0 Å². The lowest BCUT2D eigenvalue weighted by atomic mass is 10.0. The molecule has 3 nitrogen and oxygen atoms in total. The van der Waals surface area contributed by atoms with Crippen LogP contribution in [0.3, 0.4) is 0 Å². The van der Waals surface area contributed by atoms with Crippen LogP contribution in [0.2, 0.25) is 0 Å². The Morgan fingerprint density at radius 1 is 1.18 bits per heavy atom. The van der Waals surface area contributed by atoms with Gasteiger partial charge < -0.3 is 4.90 Å². The highest BCUT2D eigenvalue weighted by molar-refractivity contribution is 6.01. The monoisotopic (exact) mass is 228 g/mol. The minimum Gasteiger partial charge on any atom is -0.377 e. The van der Waals surface area contributed by atoms with E-state index in [-0.39, 0.29) is 0 Å². The van der Waals surface area contributed by atoms with Gasteiger partial charge >= 0.3 is 0 Å². The first-order valence-corrected chi connectivity index (χ1v) is 5.57. The number of hydrogen-bond acceptors (Lipinski definition) is 3. The van der Waals surface area contributed by atoms with Crippen molar-refractivity contribution in [2.45, 2.75) is 13.8 Å². The van der Waals surface area contributed by atoms with Gasteiger partial charge in [0.2, 0.25) is 0 Å². The molecule has 0 amide bonds. The van der Waals surface area contributed by atoms with Crippen LogP contribution in [0.25, 0.3) is 10.9 Å². The number of hydrogen-bond donors (Lipinski definition) is 0. The van der Waals surface area contributed by atoms with E-state index in [9.17, 15) is 4.79 Å². The number of pyridine rings is 1. The third-order valence-electron chi connectivity index (χ3n) is 2.80. The zero-order chi connectivity index (χ0) is 12.6. The number of aldehydes is 1. The van der Waals surface area contributed by atoms with Gasteiger partial charge in [0.05, 0.1) is 5.52 Å². The molecule has 2 aromatic rings. The summed E-state index contributed by atoms with van der Waals surface area (Å²) >= 11 is 0. The lowest BCUT2D eigenvalue weighted by Crippen LogP contribution is -2.10. The summed E-state index contributed by atoms with van der Waals surface area (Å²) < 4.78 is 0. The molecule has 0 spiro atoms. The second-order valence-electron chi connectivity index (χ2n) is 4.55. The summed E-state index contributed by atoms with van der Waals surface area (Å²) in [5.74, 6) is 0. The number of rotatable bonds is 2. The van der Waals surface area contributed by atoms with Gasteiger partial charge in [0.1, 0.15) is 0 Å². The lowest BCUT2D eigenvalue weighted by molar-refractivity contribution is 0.112. The van der Waals surface area contributed by atoms with Crippen LogP contribution in [0, 0.1) is 13.8 Å². The predicted octanol–water partition coefficient (Wildman–Crippen LogP) is 2.73. The third kappa shape index (κ3) is 2.00. The Kier molecular flexibility index (Phi) is 2.84. The molecule has 0 aliphatic carbocycles. The molecule has 88 valence electrons. The highest BCUT2D eigenvalue weighted by Crippen LogP contribution is 2.28. The highest BCUT2D eigenvalue weighted by Gasteiger charge is 2.10. The van der Waals surface area contributed by atoms with E-state index in [1.165, 1.54) is 0 Å². The van der Waals surface area contributed by atoms with E-state index in [0.717, 1.165) is 34.1 Å². The fourth-order valence-electron chi connectivity index (χ4n) is 2.07. The number of fused-ring (bicyclic) bond motifs is 1. The molecule has 17 heavy (non-hydrogen) atoms. The zero-order valence-corrected chi connectivity index (χ0v) is 10.6. The summed E-state index contributed by atoms with van der Waals surface area (Å²) in [4.78, 5) is 17.6. The molecule has 0 unspecified atom stereocenters. The van der Waals surface area contributed by atoms with Crippen molar-refractivity contribution in [1.82, 2.24) is 4.98 Å². The molecular formula is C14H16N2O.